The van der Waals surface area contributed by atoms with Gasteiger partial charge in [-0.25, -0.2) is 0 Å². The zero-order valence-corrected chi connectivity index (χ0v) is 16.4. The number of piperazine rings is 1. The third-order valence-corrected chi connectivity index (χ3v) is 4.94. The van der Waals surface area contributed by atoms with Crippen molar-refractivity contribution in [3.05, 3.63) is 47.5 Å². The smallest absolute Gasteiger partial charge is 0.173 e. The van der Waals surface area contributed by atoms with E-state index in [1.54, 1.807) is 14.2 Å². The van der Waals surface area contributed by atoms with Crippen LogP contribution in [0.5, 0.6) is 11.5 Å². The van der Waals surface area contributed by atoms with Gasteiger partial charge >= 0.3 is 0 Å². The molecule has 0 aromatic heterocycles. The van der Waals surface area contributed by atoms with E-state index in [-0.39, 0.29) is 0 Å². The second kappa shape index (κ2) is 8.47. The van der Waals surface area contributed by atoms with Gasteiger partial charge in [0.15, 0.2) is 5.11 Å². The van der Waals surface area contributed by atoms with Crippen molar-refractivity contribution in [2.24, 2.45) is 0 Å². The minimum Gasteiger partial charge on any atom is -0.497 e. The molecule has 5 nitrogen and oxygen atoms in total. The van der Waals surface area contributed by atoms with Gasteiger partial charge in [-0.3, -0.25) is 0 Å². The lowest BCUT2D eigenvalue weighted by molar-refractivity contribution is 0.390. The van der Waals surface area contributed by atoms with Crippen molar-refractivity contribution in [3.63, 3.8) is 0 Å². The highest BCUT2D eigenvalue weighted by atomic mass is 35.5. The summed E-state index contributed by atoms with van der Waals surface area (Å²) in [4.78, 5) is 4.49. The highest BCUT2D eigenvalue weighted by Crippen LogP contribution is 2.26. The van der Waals surface area contributed by atoms with Crippen molar-refractivity contribution in [3.8, 4) is 11.5 Å². The Morgan fingerprint density at radius 3 is 2.23 bits per heavy atom. The van der Waals surface area contributed by atoms with E-state index in [1.165, 1.54) is 0 Å². The molecule has 0 aliphatic carbocycles. The molecule has 0 unspecified atom stereocenters. The fraction of sp³-hybridized carbons (Fsp3) is 0.316. The largest absolute Gasteiger partial charge is 0.497 e. The predicted molar refractivity (Wildman–Crippen MR) is 111 cm³/mol. The van der Waals surface area contributed by atoms with Gasteiger partial charge in [0.2, 0.25) is 0 Å². The van der Waals surface area contributed by atoms with Crippen LogP contribution >= 0.6 is 23.8 Å². The molecule has 7 heteroatoms. The zero-order chi connectivity index (χ0) is 18.5. The second-order valence-electron chi connectivity index (χ2n) is 5.99. The van der Waals surface area contributed by atoms with Crippen molar-refractivity contribution < 1.29 is 9.47 Å². The zero-order valence-electron chi connectivity index (χ0n) is 14.9. The lowest BCUT2D eigenvalue weighted by Gasteiger charge is -2.37. The SMILES string of the molecule is COc1cc(NC(=S)N2CCN(c3cccc(Cl)c3)CC2)cc(OC)c1. The monoisotopic (exact) mass is 391 g/mol. The summed E-state index contributed by atoms with van der Waals surface area (Å²) < 4.78 is 10.6. The van der Waals surface area contributed by atoms with E-state index < -0.39 is 0 Å². The number of anilines is 2. The first-order chi connectivity index (χ1) is 12.6. The second-order valence-corrected chi connectivity index (χ2v) is 6.81. The average Bonchev–Trinajstić information content (AvgIpc) is 2.67. The molecule has 0 bridgehead atoms. The maximum absolute atomic E-state index is 6.09. The molecule has 3 rings (SSSR count). The topological polar surface area (TPSA) is 37.0 Å². The van der Waals surface area contributed by atoms with Crippen molar-refractivity contribution in [2.75, 3.05) is 50.6 Å². The van der Waals surface area contributed by atoms with Crippen molar-refractivity contribution in [1.29, 1.82) is 0 Å². The van der Waals surface area contributed by atoms with Crippen LogP contribution in [-0.2, 0) is 0 Å². The van der Waals surface area contributed by atoms with Gasteiger partial charge in [0.1, 0.15) is 11.5 Å². The number of hydrogen-bond donors (Lipinski definition) is 1. The Morgan fingerprint density at radius 2 is 1.65 bits per heavy atom. The number of methoxy groups -OCH3 is 2. The molecule has 1 fully saturated rings. The summed E-state index contributed by atoms with van der Waals surface area (Å²) in [7, 11) is 3.26. The van der Waals surface area contributed by atoms with Gasteiger partial charge in [-0.1, -0.05) is 17.7 Å². The highest BCUT2D eigenvalue weighted by molar-refractivity contribution is 7.80. The van der Waals surface area contributed by atoms with E-state index in [1.807, 2.05) is 36.4 Å². The molecule has 2 aromatic carbocycles. The summed E-state index contributed by atoms with van der Waals surface area (Å²) in [6.07, 6.45) is 0. The molecular weight excluding hydrogens is 370 g/mol. The third kappa shape index (κ3) is 4.51. The van der Waals surface area contributed by atoms with E-state index in [9.17, 15) is 0 Å². The van der Waals surface area contributed by atoms with Gasteiger partial charge in [-0.2, -0.15) is 0 Å². The first-order valence-corrected chi connectivity index (χ1v) is 9.17. The number of ether oxygens (including phenoxy) is 2. The molecule has 138 valence electrons. The van der Waals surface area contributed by atoms with Gasteiger partial charge in [-0.15, -0.1) is 0 Å². The standard InChI is InChI=1S/C19H22ClN3O2S/c1-24-17-11-15(12-18(13-17)25-2)21-19(26)23-8-6-22(7-9-23)16-5-3-4-14(20)10-16/h3-5,10-13H,6-9H2,1-2H3,(H,21,26). The lowest BCUT2D eigenvalue weighted by Crippen LogP contribution is -2.50. The number of halogens is 1. The lowest BCUT2D eigenvalue weighted by atomic mass is 10.2. The van der Waals surface area contributed by atoms with E-state index in [4.69, 9.17) is 33.3 Å². The molecule has 1 heterocycles. The fourth-order valence-electron chi connectivity index (χ4n) is 2.92. The van der Waals surface area contributed by atoms with Crippen LogP contribution in [0, 0.1) is 0 Å². The van der Waals surface area contributed by atoms with E-state index in [2.05, 4.69) is 21.2 Å². The van der Waals surface area contributed by atoms with Crippen LogP contribution in [-0.4, -0.2) is 50.4 Å². The summed E-state index contributed by atoms with van der Waals surface area (Å²) in [5, 5.41) is 4.74. The van der Waals surface area contributed by atoms with Gasteiger partial charge < -0.3 is 24.6 Å². The third-order valence-electron chi connectivity index (χ3n) is 4.34. The summed E-state index contributed by atoms with van der Waals surface area (Å²) in [5.74, 6) is 1.45. The summed E-state index contributed by atoms with van der Waals surface area (Å²) in [6, 6.07) is 13.6. The van der Waals surface area contributed by atoms with E-state index >= 15 is 0 Å². The molecule has 2 aromatic rings. The number of nitrogens with zero attached hydrogens (tertiary/aromatic N) is 2. The Bertz CT molecular complexity index is 757. The Kier molecular flexibility index (Phi) is 6.06. The maximum atomic E-state index is 6.09. The average molecular weight is 392 g/mol. The van der Waals surface area contributed by atoms with Crippen LogP contribution in [0.15, 0.2) is 42.5 Å². The molecule has 0 saturated carbocycles. The number of rotatable bonds is 4. The Balaban J connectivity index is 1.60. The Morgan fingerprint density at radius 1 is 1.00 bits per heavy atom. The molecule has 1 N–H and O–H groups in total. The Labute approximate surface area is 164 Å². The molecule has 0 radical (unpaired) electrons. The molecule has 0 atom stereocenters. The van der Waals surface area contributed by atoms with Gasteiger partial charge in [0, 0.05) is 60.8 Å². The maximum Gasteiger partial charge on any atom is 0.173 e. The predicted octanol–water partition coefficient (Wildman–Crippen LogP) is 3.88. The van der Waals surface area contributed by atoms with Crippen LogP contribution in [0.25, 0.3) is 0 Å². The number of hydrogen-bond acceptors (Lipinski definition) is 4. The number of benzene rings is 2. The quantitative estimate of drug-likeness (QED) is 0.797. The van der Waals surface area contributed by atoms with Crippen molar-refractivity contribution >= 4 is 40.3 Å². The molecular formula is C19H22ClN3O2S. The molecule has 1 aliphatic heterocycles. The molecule has 0 spiro atoms. The van der Waals surface area contributed by atoms with Crippen LogP contribution in [0.4, 0.5) is 11.4 Å². The minimum absolute atomic E-state index is 0.700. The number of nitrogens with one attached hydrogen (secondary N) is 1. The summed E-state index contributed by atoms with van der Waals surface area (Å²) in [5.41, 5.74) is 2.00. The molecule has 0 amide bonds. The van der Waals surface area contributed by atoms with E-state index in [0.717, 1.165) is 54.1 Å². The minimum atomic E-state index is 0.700. The fourth-order valence-corrected chi connectivity index (χ4v) is 3.41. The normalized spacial score (nSPS) is 14.1. The highest BCUT2D eigenvalue weighted by Gasteiger charge is 2.19. The van der Waals surface area contributed by atoms with Crippen molar-refractivity contribution in [2.45, 2.75) is 0 Å². The molecule has 1 aliphatic rings. The van der Waals surface area contributed by atoms with Crippen LogP contribution in [0.1, 0.15) is 0 Å². The van der Waals surface area contributed by atoms with Gasteiger partial charge in [0.05, 0.1) is 14.2 Å². The molecule has 1 saturated heterocycles. The summed E-state index contributed by atoms with van der Waals surface area (Å²) >= 11 is 11.7. The Hall–Kier alpha value is -2.18. The van der Waals surface area contributed by atoms with E-state index in [0.29, 0.717) is 5.11 Å². The summed E-state index contributed by atoms with van der Waals surface area (Å²) in [6.45, 7) is 3.48. The van der Waals surface area contributed by atoms with Crippen LogP contribution in [0.2, 0.25) is 5.02 Å². The van der Waals surface area contributed by atoms with Gasteiger partial charge in [0.25, 0.3) is 0 Å². The van der Waals surface area contributed by atoms with Crippen molar-refractivity contribution in [1.82, 2.24) is 4.90 Å². The first-order valence-electron chi connectivity index (χ1n) is 8.38. The van der Waals surface area contributed by atoms with Crippen LogP contribution in [0.3, 0.4) is 0 Å². The number of thiocarbonyl (C=S) groups is 1. The first kappa shape index (κ1) is 18.6. The molecule has 26 heavy (non-hydrogen) atoms. The van der Waals surface area contributed by atoms with Gasteiger partial charge in [-0.05, 0) is 30.4 Å². The van der Waals surface area contributed by atoms with Crippen LogP contribution < -0.4 is 19.7 Å².